The number of anilines is 1. The van der Waals surface area contributed by atoms with Crippen molar-refractivity contribution in [3.8, 4) is 11.4 Å². The van der Waals surface area contributed by atoms with Crippen LogP contribution in [0, 0.1) is 20.8 Å². The van der Waals surface area contributed by atoms with Gasteiger partial charge in [-0.2, -0.15) is 5.10 Å². The summed E-state index contributed by atoms with van der Waals surface area (Å²) in [5.74, 6) is 1.27. The summed E-state index contributed by atoms with van der Waals surface area (Å²) in [5.41, 5.74) is 4.47. The van der Waals surface area contributed by atoms with E-state index in [0.717, 1.165) is 17.1 Å². The number of H-pyrrole nitrogens is 1. The first-order valence-corrected chi connectivity index (χ1v) is 11.6. The molecular weight excluding hydrogens is 460 g/mol. The van der Waals surface area contributed by atoms with E-state index >= 15 is 0 Å². The van der Waals surface area contributed by atoms with Crippen molar-refractivity contribution in [1.29, 1.82) is 0 Å². The molecule has 0 fully saturated rings. The first-order valence-electron chi connectivity index (χ1n) is 10.2. The Balaban J connectivity index is 1.32. The van der Waals surface area contributed by atoms with Crippen LogP contribution in [-0.2, 0) is 11.4 Å². The van der Waals surface area contributed by atoms with E-state index in [0.29, 0.717) is 27.4 Å². The molecule has 2 aromatic heterocycles. The molecule has 2 aromatic carbocycles. The third-order valence-corrected chi connectivity index (χ3v) is 5.97. The van der Waals surface area contributed by atoms with Crippen molar-refractivity contribution in [1.82, 2.24) is 25.0 Å². The number of carbonyl (C=O) groups is 1. The lowest BCUT2D eigenvalue weighted by molar-refractivity contribution is -0.113. The third-order valence-electron chi connectivity index (χ3n) is 4.87. The van der Waals surface area contributed by atoms with Crippen LogP contribution in [0.5, 0.6) is 5.75 Å². The molecule has 0 saturated heterocycles. The van der Waals surface area contributed by atoms with E-state index in [2.05, 4.69) is 25.6 Å². The van der Waals surface area contributed by atoms with Gasteiger partial charge in [0.15, 0.2) is 5.82 Å². The molecule has 2 heterocycles. The number of thioether (sulfide) groups is 1. The number of aryl methyl sites for hydroxylation is 2. The van der Waals surface area contributed by atoms with Crippen LogP contribution in [0.15, 0.2) is 53.7 Å². The van der Waals surface area contributed by atoms with E-state index in [1.807, 2.05) is 49.7 Å². The molecule has 4 rings (SSSR count). The lowest BCUT2D eigenvalue weighted by Crippen LogP contribution is -2.15. The normalized spacial score (nSPS) is 10.9. The summed E-state index contributed by atoms with van der Waals surface area (Å²) in [6, 6.07) is 15.2. The predicted octanol–water partition coefficient (Wildman–Crippen LogP) is 4.88. The monoisotopic (exact) mass is 482 g/mol. The number of amides is 1. The zero-order chi connectivity index (χ0) is 23.4. The Morgan fingerprint density at radius 1 is 1.12 bits per heavy atom. The maximum atomic E-state index is 12.6. The van der Waals surface area contributed by atoms with E-state index in [1.165, 1.54) is 17.3 Å². The third kappa shape index (κ3) is 5.74. The van der Waals surface area contributed by atoms with Crippen molar-refractivity contribution in [3.63, 3.8) is 0 Å². The van der Waals surface area contributed by atoms with Crippen molar-refractivity contribution in [3.05, 3.63) is 76.3 Å². The van der Waals surface area contributed by atoms with Crippen LogP contribution in [0.2, 0.25) is 5.02 Å². The minimum atomic E-state index is -0.154. The van der Waals surface area contributed by atoms with Gasteiger partial charge in [0, 0.05) is 5.02 Å². The summed E-state index contributed by atoms with van der Waals surface area (Å²) < 4.78 is 7.48. The Kier molecular flexibility index (Phi) is 7.00. The second kappa shape index (κ2) is 10.1. The standard InChI is InChI=1S/C23H23ClN6O2S/c1-14-4-8-18(9-5-14)30-16(3)22(15(2)29-30)26-21(31)13-33-23-25-20(27-28-23)12-32-19-10-6-17(24)7-11-19/h4-11H,12-13H2,1-3H3,(H,26,31)(H,25,27,28). The second-order valence-corrected chi connectivity index (χ2v) is 8.82. The van der Waals surface area contributed by atoms with Crippen LogP contribution in [0.3, 0.4) is 0 Å². The number of nitrogens with one attached hydrogen (secondary N) is 2. The number of aromatic amines is 1. The Morgan fingerprint density at radius 2 is 1.85 bits per heavy atom. The predicted molar refractivity (Wildman–Crippen MR) is 129 cm³/mol. The largest absolute Gasteiger partial charge is 0.486 e. The number of nitrogens with zero attached hydrogens (tertiary/aromatic N) is 4. The lowest BCUT2D eigenvalue weighted by Gasteiger charge is -2.07. The number of carbonyl (C=O) groups excluding carboxylic acids is 1. The van der Waals surface area contributed by atoms with Gasteiger partial charge in [0.1, 0.15) is 12.4 Å². The number of ether oxygens (including phenoxy) is 1. The van der Waals surface area contributed by atoms with E-state index in [-0.39, 0.29) is 18.3 Å². The minimum absolute atomic E-state index is 0.154. The summed E-state index contributed by atoms with van der Waals surface area (Å²) in [6.45, 7) is 6.09. The average molecular weight is 483 g/mol. The molecule has 0 aliphatic heterocycles. The van der Waals surface area contributed by atoms with E-state index < -0.39 is 0 Å². The quantitative estimate of drug-likeness (QED) is 0.347. The van der Waals surface area contributed by atoms with Crippen LogP contribution in [0.25, 0.3) is 5.69 Å². The number of aromatic nitrogens is 5. The molecule has 0 atom stereocenters. The summed E-state index contributed by atoms with van der Waals surface area (Å²) >= 11 is 7.11. The minimum Gasteiger partial charge on any atom is -0.486 e. The van der Waals surface area contributed by atoms with Crippen molar-refractivity contribution in [2.75, 3.05) is 11.1 Å². The highest BCUT2D eigenvalue weighted by Crippen LogP contribution is 2.24. The summed E-state index contributed by atoms with van der Waals surface area (Å²) in [4.78, 5) is 16.9. The molecule has 8 nitrogen and oxygen atoms in total. The summed E-state index contributed by atoms with van der Waals surface area (Å²) in [6.07, 6.45) is 0. The molecule has 1 amide bonds. The fourth-order valence-electron chi connectivity index (χ4n) is 3.16. The molecule has 0 bridgehead atoms. The molecule has 33 heavy (non-hydrogen) atoms. The molecule has 4 aromatic rings. The molecule has 0 saturated carbocycles. The topological polar surface area (TPSA) is 97.7 Å². The Bertz CT molecular complexity index is 1250. The van der Waals surface area contributed by atoms with Gasteiger partial charge in [0.25, 0.3) is 0 Å². The Hall–Kier alpha value is -3.30. The van der Waals surface area contributed by atoms with Gasteiger partial charge in [-0.3, -0.25) is 9.89 Å². The number of rotatable bonds is 8. The van der Waals surface area contributed by atoms with Crippen molar-refractivity contribution < 1.29 is 9.53 Å². The van der Waals surface area contributed by atoms with Gasteiger partial charge in [-0.1, -0.05) is 41.1 Å². The fourth-order valence-corrected chi connectivity index (χ4v) is 3.90. The highest BCUT2D eigenvalue weighted by Gasteiger charge is 2.16. The lowest BCUT2D eigenvalue weighted by atomic mass is 10.2. The summed E-state index contributed by atoms with van der Waals surface area (Å²) in [7, 11) is 0. The first-order chi connectivity index (χ1) is 15.9. The van der Waals surface area contributed by atoms with Gasteiger partial charge >= 0.3 is 0 Å². The Labute approximate surface area is 200 Å². The van der Waals surface area contributed by atoms with E-state index in [9.17, 15) is 4.79 Å². The van der Waals surface area contributed by atoms with Gasteiger partial charge < -0.3 is 10.1 Å². The van der Waals surface area contributed by atoms with Crippen molar-refractivity contribution in [2.24, 2.45) is 0 Å². The van der Waals surface area contributed by atoms with Gasteiger partial charge in [-0.05, 0) is 57.2 Å². The fraction of sp³-hybridized carbons (Fsp3) is 0.217. The summed E-state index contributed by atoms with van der Waals surface area (Å²) in [5, 5.41) is 15.6. The maximum Gasteiger partial charge on any atom is 0.234 e. The van der Waals surface area contributed by atoms with Crippen LogP contribution < -0.4 is 10.1 Å². The van der Waals surface area contributed by atoms with Crippen LogP contribution in [-0.4, -0.2) is 36.6 Å². The second-order valence-electron chi connectivity index (χ2n) is 7.44. The molecular formula is C23H23ClN6O2S. The molecule has 0 unspecified atom stereocenters. The first kappa shape index (κ1) is 22.9. The van der Waals surface area contributed by atoms with Crippen LogP contribution >= 0.6 is 23.4 Å². The smallest absolute Gasteiger partial charge is 0.234 e. The molecule has 0 radical (unpaired) electrons. The highest BCUT2D eigenvalue weighted by atomic mass is 35.5. The number of hydrogen-bond acceptors (Lipinski definition) is 6. The van der Waals surface area contributed by atoms with Gasteiger partial charge in [0.05, 0.1) is 28.5 Å². The van der Waals surface area contributed by atoms with Crippen LogP contribution in [0.1, 0.15) is 22.8 Å². The molecule has 0 aliphatic carbocycles. The molecule has 10 heteroatoms. The number of halogens is 1. The van der Waals surface area contributed by atoms with E-state index in [4.69, 9.17) is 16.3 Å². The molecule has 170 valence electrons. The van der Waals surface area contributed by atoms with Gasteiger partial charge in [-0.15, -0.1) is 5.10 Å². The Morgan fingerprint density at radius 3 is 2.58 bits per heavy atom. The average Bonchev–Trinajstić information content (AvgIpc) is 3.37. The van der Waals surface area contributed by atoms with E-state index in [1.54, 1.807) is 24.3 Å². The molecule has 0 aliphatic rings. The SMILES string of the molecule is Cc1ccc(-n2nc(C)c(NC(=O)CSc3n[nH]c(COc4ccc(Cl)cc4)n3)c2C)cc1. The van der Waals surface area contributed by atoms with Crippen molar-refractivity contribution in [2.45, 2.75) is 32.5 Å². The maximum absolute atomic E-state index is 12.6. The molecule has 2 N–H and O–H groups in total. The van der Waals surface area contributed by atoms with Gasteiger partial charge in [-0.25, -0.2) is 9.67 Å². The van der Waals surface area contributed by atoms with Crippen molar-refractivity contribution >= 4 is 35.0 Å². The van der Waals surface area contributed by atoms with Gasteiger partial charge in [0.2, 0.25) is 11.1 Å². The molecule has 0 spiro atoms. The zero-order valence-electron chi connectivity index (χ0n) is 18.4. The number of hydrogen-bond donors (Lipinski definition) is 2. The highest BCUT2D eigenvalue weighted by molar-refractivity contribution is 7.99. The number of benzene rings is 2. The zero-order valence-corrected chi connectivity index (χ0v) is 20.0. The van der Waals surface area contributed by atoms with Crippen LogP contribution in [0.4, 0.5) is 5.69 Å².